The normalized spacial score (nSPS) is 10.5. The molecular formula is C13H13Br2ClSi. The quantitative estimate of drug-likeness (QED) is 0.426. The van der Waals surface area contributed by atoms with E-state index in [1.54, 1.807) is 0 Å². The van der Waals surface area contributed by atoms with E-state index in [0.717, 1.165) is 19.6 Å². The van der Waals surface area contributed by atoms with Crippen molar-refractivity contribution in [2.24, 2.45) is 0 Å². The van der Waals surface area contributed by atoms with Gasteiger partial charge in [0.25, 0.3) is 0 Å². The maximum atomic E-state index is 5.88. The first kappa shape index (κ1) is 15.0. The molecule has 0 spiro atoms. The molecule has 90 valence electrons. The van der Waals surface area contributed by atoms with E-state index in [9.17, 15) is 0 Å². The summed E-state index contributed by atoms with van der Waals surface area (Å²) in [5.41, 5.74) is 5.38. The fourth-order valence-corrected chi connectivity index (χ4v) is 2.38. The lowest BCUT2D eigenvalue weighted by Gasteiger charge is -2.06. The number of allylic oxidation sites excluding steroid dienone is 1. The van der Waals surface area contributed by atoms with Crippen LogP contribution in [0.2, 0.25) is 24.7 Å². The van der Waals surface area contributed by atoms with Crippen molar-refractivity contribution in [2.75, 3.05) is 0 Å². The fraction of sp³-hybridized carbons (Fsp3) is 0.231. The predicted molar refractivity (Wildman–Crippen MR) is 87.3 cm³/mol. The molecule has 4 heteroatoms. The van der Waals surface area contributed by atoms with Gasteiger partial charge in [0, 0.05) is 5.02 Å². The predicted octanol–water partition coefficient (Wildman–Crippen LogP) is 5.68. The molecule has 0 fully saturated rings. The van der Waals surface area contributed by atoms with Gasteiger partial charge in [-0.25, -0.2) is 0 Å². The van der Waals surface area contributed by atoms with Crippen molar-refractivity contribution >= 4 is 57.1 Å². The van der Waals surface area contributed by atoms with Crippen molar-refractivity contribution in [1.82, 2.24) is 0 Å². The molecule has 0 radical (unpaired) electrons. The first-order chi connectivity index (χ1) is 7.79. The van der Waals surface area contributed by atoms with E-state index in [-0.39, 0.29) is 0 Å². The maximum Gasteiger partial charge on any atom is 0.129 e. The number of halogens is 3. The van der Waals surface area contributed by atoms with Crippen molar-refractivity contribution in [2.45, 2.75) is 19.6 Å². The topological polar surface area (TPSA) is 0 Å². The number of rotatable bonds is 1. The van der Waals surface area contributed by atoms with Crippen LogP contribution in [0.25, 0.3) is 5.57 Å². The van der Waals surface area contributed by atoms with E-state index in [4.69, 9.17) is 11.6 Å². The standard InChI is InChI=1S/C13H13Br2ClSi/c1-17(2,3)9-8-12(13(14)15)10-4-6-11(16)7-5-10/h4-7H,1-3H3. The van der Waals surface area contributed by atoms with Gasteiger partial charge < -0.3 is 0 Å². The Hall–Kier alpha value is -0.0131. The summed E-state index contributed by atoms with van der Waals surface area (Å²) in [7, 11) is -1.37. The van der Waals surface area contributed by atoms with Gasteiger partial charge in [-0.15, -0.1) is 5.54 Å². The van der Waals surface area contributed by atoms with Crippen molar-refractivity contribution in [3.05, 3.63) is 38.2 Å². The Bertz CT molecular complexity index is 483. The van der Waals surface area contributed by atoms with E-state index in [2.05, 4.69) is 63.0 Å². The van der Waals surface area contributed by atoms with Gasteiger partial charge in [0.1, 0.15) is 8.07 Å². The molecule has 0 saturated heterocycles. The maximum absolute atomic E-state index is 5.88. The summed E-state index contributed by atoms with van der Waals surface area (Å²) in [6.07, 6.45) is 0. The van der Waals surface area contributed by atoms with Crippen LogP contribution in [0.1, 0.15) is 5.56 Å². The van der Waals surface area contributed by atoms with Gasteiger partial charge >= 0.3 is 0 Å². The third kappa shape index (κ3) is 5.44. The second-order valence-electron chi connectivity index (χ2n) is 4.64. The molecule has 0 aliphatic rings. The molecule has 0 heterocycles. The van der Waals surface area contributed by atoms with Crippen LogP contribution in [0.4, 0.5) is 0 Å². The molecule has 0 bridgehead atoms. The second kappa shape index (κ2) is 6.24. The van der Waals surface area contributed by atoms with Gasteiger partial charge in [0.2, 0.25) is 0 Å². The van der Waals surface area contributed by atoms with Crippen LogP contribution in [0.3, 0.4) is 0 Å². The molecule has 0 N–H and O–H groups in total. The average molecular weight is 393 g/mol. The Morgan fingerprint density at radius 1 is 1.12 bits per heavy atom. The molecule has 0 aliphatic heterocycles. The van der Waals surface area contributed by atoms with Gasteiger partial charge in [0.15, 0.2) is 0 Å². The zero-order valence-electron chi connectivity index (χ0n) is 9.94. The molecule has 0 amide bonds. The molecule has 1 aromatic rings. The lowest BCUT2D eigenvalue weighted by Crippen LogP contribution is -2.16. The Morgan fingerprint density at radius 3 is 2.06 bits per heavy atom. The molecule has 1 aromatic carbocycles. The summed E-state index contributed by atoms with van der Waals surface area (Å²) in [6.45, 7) is 6.67. The highest BCUT2D eigenvalue weighted by Crippen LogP contribution is 2.27. The smallest absolute Gasteiger partial charge is 0.127 e. The Morgan fingerprint density at radius 2 is 1.65 bits per heavy atom. The molecule has 0 saturated carbocycles. The zero-order chi connectivity index (χ0) is 13.1. The van der Waals surface area contributed by atoms with Gasteiger partial charge in [-0.05, 0) is 49.6 Å². The second-order valence-corrected chi connectivity index (χ2v) is 12.5. The van der Waals surface area contributed by atoms with Crippen LogP contribution in [0.5, 0.6) is 0 Å². The van der Waals surface area contributed by atoms with Crippen LogP contribution in [-0.4, -0.2) is 8.07 Å². The Balaban J connectivity index is 3.16. The Kier molecular flexibility index (Phi) is 5.52. The van der Waals surface area contributed by atoms with E-state index in [0.29, 0.717) is 0 Å². The largest absolute Gasteiger partial charge is 0.129 e. The van der Waals surface area contributed by atoms with Crippen LogP contribution < -0.4 is 0 Å². The summed E-state index contributed by atoms with van der Waals surface area (Å²) >= 11 is 12.8. The molecule has 0 unspecified atom stereocenters. The molecule has 1 rings (SSSR count). The third-order valence-corrected chi connectivity index (χ3v) is 3.80. The molecular weight excluding hydrogens is 379 g/mol. The Labute approximate surface area is 126 Å². The number of benzene rings is 1. The molecule has 0 atom stereocenters. The lowest BCUT2D eigenvalue weighted by atomic mass is 10.1. The summed E-state index contributed by atoms with van der Waals surface area (Å²) in [5.74, 6) is 3.25. The molecule has 17 heavy (non-hydrogen) atoms. The minimum absolute atomic E-state index is 0.733. The van der Waals surface area contributed by atoms with Crippen molar-refractivity contribution < 1.29 is 0 Å². The lowest BCUT2D eigenvalue weighted by molar-refractivity contribution is 1.64. The number of hydrogen-bond donors (Lipinski definition) is 0. The van der Waals surface area contributed by atoms with Crippen LogP contribution in [-0.2, 0) is 0 Å². The van der Waals surface area contributed by atoms with Crippen molar-refractivity contribution in [3.63, 3.8) is 0 Å². The molecule has 0 aliphatic carbocycles. The van der Waals surface area contributed by atoms with Crippen molar-refractivity contribution in [1.29, 1.82) is 0 Å². The monoisotopic (exact) mass is 390 g/mol. The van der Waals surface area contributed by atoms with Crippen LogP contribution in [0.15, 0.2) is 27.7 Å². The van der Waals surface area contributed by atoms with E-state index in [1.165, 1.54) is 0 Å². The van der Waals surface area contributed by atoms with Gasteiger partial charge in [0.05, 0.1) is 8.96 Å². The van der Waals surface area contributed by atoms with E-state index < -0.39 is 8.07 Å². The minimum atomic E-state index is -1.37. The highest BCUT2D eigenvalue weighted by molar-refractivity contribution is 9.28. The van der Waals surface area contributed by atoms with Gasteiger partial charge in [-0.2, -0.15) is 0 Å². The fourth-order valence-electron chi connectivity index (χ4n) is 1.10. The van der Waals surface area contributed by atoms with Gasteiger partial charge in [-0.1, -0.05) is 49.3 Å². The van der Waals surface area contributed by atoms with E-state index >= 15 is 0 Å². The summed E-state index contributed by atoms with van der Waals surface area (Å²) in [5, 5.41) is 0.733. The number of hydrogen-bond acceptors (Lipinski definition) is 0. The summed E-state index contributed by atoms with van der Waals surface area (Å²) < 4.78 is 0.873. The summed E-state index contributed by atoms with van der Waals surface area (Å²) in [4.78, 5) is 0. The van der Waals surface area contributed by atoms with Crippen LogP contribution in [0, 0.1) is 11.5 Å². The highest BCUT2D eigenvalue weighted by atomic mass is 79.9. The zero-order valence-corrected chi connectivity index (χ0v) is 14.9. The average Bonchev–Trinajstić information content (AvgIpc) is 2.18. The van der Waals surface area contributed by atoms with Crippen molar-refractivity contribution in [3.8, 4) is 11.5 Å². The minimum Gasteiger partial charge on any atom is -0.127 e. The SMILES string of the molecule is C[Si](C)(C)C#CC(=C(Br)Br)c1ccc(Cl)cc1. The van der Waals surface area contributed by atoms with Crippen LogP contribution >= 0.6 is 43.5 Å². The molecule has 0 aromatic heterocycles. The van der Waals surface area contributed by atoms with Gasteiger partial charge in [-0.3, -0.25) is 0 Å². The first-order valence-electron chi connectivity index (χ1n) is 5.14. The molecule has 0 nitrogen and oxygen atoms in total. The van der Waals surface area contributed by atoms with E-state index in [1.807, 2.05) is 24.3 Å². The summed E-state index contributed by atoms with van der Waals surface area (Å²) in [6, 6.07) is 7.68. The third-order valence-electron chi connectivity index (χ3n) is 1.88. The first-order valence-corrected chi connectivity index (χ1v) is 10.6. The highest BCUT2D eigenvalue weighted by Gasteiger charge is 2.09.